The van der Waals surface area contributed by atoms with Crippen molar-refractivity contribution in [1.29, 1.82) is 0 Å². The van der Waals surface area contributed by atoms with Crippen LogP contribution in [0.5, 0.6) is 0 Å². The van der Waals surface area contributed by atoms with Crippen LogP contribution in [-0.4, -0.2) is 76.8 Å². The van der Waals surface area contributed by atoms with Crippen LogP contribution in [0, 0.1) is 0 Å². The smallest absolute Gasteiger partial charge is 0.425 e. The van der Waals surface area contributed by atoms with E-state index in [0.29, 0.717) is 6.04 Å². The van der Waals surface area contributed by atoms with E-state index in [4.69, 9.17) is 4.74 Å². The van der Waals surface area contributed by atoms with Gasteiger partial charge < -0.3 is 14.5 Å². The van der Waals surface area contributed by atoms with Gasteiger partial charge in [-0.3, -0.25) is 0 Å². The molecule has 0 aromatic carbocycles. The highest BCUT2D eigenvalue weighted by molar-refractivity contribution is 5.68. The normalized spacial score (nSPS) is 33.5. The van der Waals surface area contributed by atoms with Crippen molar-refractivity contribution >= 4 is 6.09 Å². The molecule has 0 aromatic rings. The molecule has 4 rings (SSSR count). The molecular weight excluding hydrogens is 388 g/mol. The fourth-order valence-electron chi connectivity index (χ4n) is 6.28. The van der Waals surface area contributed by atoms with Gasteiger partial charge in [-0.05, 0) is 124 Å². The van der Waals surface area contributed by atoms with Gasteiger partial charge >= 0.3 is 6.09 Å². The van der Waals surface area contributed by atoms with Crippen LogP contribution in [0.2, 0.25) is 0 Å². The average molecular weight is 435 g/mol. The molecule has 4 fully saturated rings. The Kier molecular flexibility index (Phi) is 7.81. The molecule has 2 saturated carbocycles. The van der Waals surface area contributed by atoms with Crippen LogP contribution >= 0.6 is 0 Å². The minimum atomic E-state index is -0.461. The topological polar surface area (TPSA) is 48.1 Å². The van der Waals surface area contributed by atoms with E-state index < -0.39 is 5.60 Å². The summed E-state index contributed by atoms with van der Waals surface area (Å²) in [6, 6.07) is 2.12. The molecule has 0 atom stereocenters. The van der Waals surface area contributed by atoms with E-state index in [0.717, 1.165) is 37.8 Å². The van der Waals surface area contributed by atoms with Gasteiger partial charge in [0.25, 0.3) is 0 Å². The molecular formula is C25H46N4O2. The minimum absolute atomic E-state index is 0.182. The number of amides is 1. The summed E-state index contributed by atoms with van der Waals surface area (Å²) in [4.78, 5) is 18.5. The summed E-state index contributed by atoms with van der Waals surface area (Å²) in [7, 11) is 0. The molecule has 2 saturated heterocycles. The van der Waals surface area contributed by atoms with Crippen LogP contribution in [0.1, 0.15) is 97.8 Å². The molecule has 2 aliphatic heterocycles. The standard InChI is InChI=1S/C25H46N4O2/c1-25(2,3)31-24(30)29(23-14-12-22(13-15-23)28-18-6-7-19-28)26-20-8-10-21(11-9-20)27-16-4-5-17-27/h20-23,26H,4-19H2,1-3H3. The molecule has 0 unspecified atom stereocenters. The number of carbonyl (C=O) groups is 1. The molecule has 6 nitrogen and oxygen atoms in total. The highest BCUT2D eigenvalue weighted by atomic mass is 16.6. The van der Waals surface area contributed by atoms with Crippen molar-refractivity contribution in [3.8, 4) is 0 Å². The molecule has 2 aliphatic carbocycles. The summed E-state index contributed by atoms with van der Waals surface area (Å²) < 4.78 is 5.83. The molecule has 31 heavy (non-hydrogen) atoms. The number of nitrogens with one attached hydrogen (secondary N) is 1. The van der Waals surface area contributed by atoms with Crippen molar-refractivity contribution in [1.82, 2.24) is 20.2 Å². The Bertz CT molecular complexity index is 565. The Morgan fingerprint density at radius 1 is 0.774 bits per heavy atom. The van der Waals surface area contributed by atoms with E-state index in [1.807, 2.05) is 25.8 Å². The van der Waals surface area contributed by atoms with Gasteiger partial charge in [0.2, 0.25) is 0 Å². The van der Waals surface area contributed by atoms with Crippen LogP contribution in [0.15, 0.2) is 0 Å². The Hall–Kier alpha value is -0.850. The Morgan fingerprint density at radius 2 is 1.23 bits per heavy atom. The fourth-order valence-corrected chi connectivity index (χ4v) is 6.28. The highest BCUT2D eigenvalue weighted by Crippen LogP contribution is 2.31. The van der Waals surface area contributed by atoms with Crippen LogP contribution in [0.4, 0.5) is 4.79 Å². The van der Waals surface area contributed by atoms with Gasteiger partial charge in [0.05, 0.1) is 6.04 Å². The minimum Gasteiger partial charge on any atom is -0.443 e. The largest absolute Gasteiger partial charge is 0.443 e. The molecule has 1 amide bonds. The number of hydrogen-bond donors (Lipinski definition) is 1. The first-order chi connectivity index (χ1) is 14.9. The quantitative estimate of drug-likeness (QED) is 0.644. The van der Waals surface area contributed by atoms with Crippen LogP contribution < -0.4 is 5.43 Å². The predicted molar refractivity (Wildman–Crippen MR) is 125 cm³/mol. The number of hydrogen-bond acceptors (Lipinski definition) is 5. The highest BCUT2D eigenvalue weighted by Gasteiger charge is 2.36. The van der Waals surface area contributed by atoms with Crippen molar-refractivity contribution in [2.45, 2.75) is 128 Å². The first-order valence-corrected chi connectivity index (χ1v) is 13.2. The Labute approximate surface area is 190 Å². The van der Waals surface area contributed by atoms with Gasteiger partial charge in [0.1, 0.15) is 5.60 Å². The van der Waals surface area contributed by atoms with E-state index in [1.54, 1.807) is 0 Å². The molecule has 0 aromatic heterocycles. The number of rotatable bonds is 5. The predicted octanol–water partition coefficient (Wildman–Crippen LogP) is 4.54. The van der Waals surface area contributed by atoms with Gasteiger partial charge in [-0.25, -0.2) is 15.2 Å². The van der Waals surface area contributed by atoms with Crippen molar-refractivity contribution in [3.05, 3.63) is 0 Å². The Morgan fingerprint density at radius 3 is 1.68 bits per heavy atom. The number of ether oxygens (including phenoxy) is 1. The summed E-state index contributed by atoms with van der Waals surface area (Å²) in [6.07, 6.45) is 14.6. The SMILES string of the molecule is CC(C)(C)OC(=O)N(NC1CCC(N2CCCC2)CC1)C1CCC(N2CCCC2)CC1. The second-order valence-corrected chi connectivity index (χ2v) is 11.4. The van der Waals surface area contributed by atoms with E-state index in [1.165, 1.54) is 77.5 Å². The zero-order chi connectivity index (χ0) is 21.8. The van der Waals surface area contributed by atoms with Crippen LogP contribution in [0.25, 0.3) is 0 Å². The van der Waals surface area contributed by atoms with Gasteiger partial charge in [-0.15, -0.1) is 0 Å². The van der Waals surface area contributed by atoms with Gasteiger partial charge in [0, 0.05) is 18.1 Å². The maximum Gasteiger partial charge on any atom is 0.425 e. The van der Waals surface area contributed by atoms with Crippen LogP contribution in [-0.2, 0) is 4.74 Å². The lowest BCUT2D eigenvalue weighted by atomic mass is 9.89. The van der Waals surface area contributed by atoms with Crippen molar-refractivity contribution in [3.63, 3.8) is 0 Å². The summed E-state index contributed by atoms with van der Waals surface area (Å²) >= 11 is 0. The lowest BCUT2D eigenvalue weighted by Crippen LogP contribution is -2.57. The van der Waals surface area contributed by atoms with Gasteiger partial charge in [-0.2, -0.15) is 0 Å². The third-order valence-corrected chi connectivity index (χ3v) is 7.95. The van der Waals surface area contributed by atoms with Crippen LogP contribution in [0.3, 0.4) is 0 Å². The molecule has 1 N–H and O–H groups in total. The molecule has 0 bridgehead atoms. The number of carbonyl (C=O) groups excluding carboxylic acids is 1. The zero-order valence-electron chi connectivity index (χ0n) is 20.3. The number of likely N-dealkylation sites (tertiary alicyclic amines) is 2. The second-order valence-electron chi connectivity index (χ2n) is 11.4. The second kappa shape index (κ2) is 10.4. The molecule has 0 spiro atoms. The first kappa shape index (κ1) is 23.3. The lowest BCUT2D eigenvalue weighted by molar-refractivity contribution is -0.0158. The van der Waals surface area contributed by atoms with E-state index in [9.17, 15) is 4.79 Å². The maximum atomic E-state index is 13.2. The van der Waals surface area contributed by atoms with E-state index in [2.05, 4.69) is 15.2 Å². The van der Waals surface area contributed by atoms with Crippen molar-refractivity contribution < 1.29 is 9.53 Å². The lowest BCUT2D eigenvalue weighted by Gasteiger charge is -2.42. The molecule has 0 radical (unpaired) electrons. The van der Waals surface area contributed by atoms with Gasteiger partial charge in [0.15, 0.2) is 0 Å². The summed E-state index contributed by atoms with van der Waals surface area (Å²) in [6.45, 7) is 11.0. The number of hydrazine groups is 1. The molecule has 6 heteroatoms. The fraction of sp³-hybridized carbons (Fsp3) is 0.960. The number of nitrogens with zero attached hydrogens (tertiary/aromatic N) is 3. The molecule has 2 heterocycles. The molecule has 4 aliphatic rings. The first-order valence-electron chi connectivity index (χ1n) is 13.2. The third kappa shape index (κ3) is 6.35. The Balaban J connectivity index is 1.33. The average Bonchev–Trinajstić information content (AvgIpc) is 3.45. The van der Waals surface area contributed by atoms with Crippen molar-refractivity contribution in [2.24, 2.45) is 0 Å². The summed E-state index contributed by atoms with van der Waals surface area (Å²) in [5.41, 5.74) is 3.21. The summed E-state index contributed by atoms with van der Waals surface area (Å²) in [5, 5.41) is 1.91. The van der Waals surface area contributed by atoms with E-state index >= 15 is 0 Å². The summed E-state index contributed by atoms with van der Waals surface area (Å²) in [5.74, 6) is 0. The molecule has 178 valence electrons. The van der Waals surface area contributed by atoms with Gasteiger partial charge in [-0.1, -0.05) is 0 Å². The third-order valence-electron chi connectivity index (χ3n) is 7.95. The van der Waals surface area contributed by atoms with Crippen molar-refractivity contribution in [2.75, 3.05) is 26.2 Å². The zero-order valence-corrected chi connectivity index (χ0v) is 20.3. The van der Waals surface area contributed by atoms with E-state index in [-0.39, 0.29) is 12.1 Å². The monoisotopic (exact) mass is 434 g/mol. The maximum absolute atomic E-state index is 13.2.